The topological polar surface area (TPSA) is 0 Å². The summed E-state index contributed by atoms with van der Waals surface area (Å²) < 4.78 is 11.6. The van der Waals surface area contributed by atoms with Gasteiger partial charge in [-0.1, -0.05) is 11.4 Å². The maximum Gasteiger partial charge on any atom is 0.120 e. The van der Waals surface area contributed by atoms with Crippen molar-refractivity contribution >= 4 is 8.80 Å². The third-order valence-electron chi connectivity index (χ3n) is 0.784. The molecule has 0 bridgehead atoms. The first-order valence-electron chi connectivity index (χ1n) is 2.16. The fourth-order valence-corrected chi connectivity index (χ4v) is 0.667. The molecule has 0 aliphatic carbocycles. The van der Waals surface area contributed by atoms with Crippen molar-refractivity contribution in [2.75, 3.05) is 6.30 Å². The highest BCUT2D eigenvalue weighted by atomic mass is 28.3. The Morgan fingerprint density at radius 1 is 1.43 bits per heavy atom. The average molecular weight is 116 g/mol. The maximum atomic E-state index is 11.6. The second kappa shape index (κ2) is 3.80. The van der Waals surface area contributed by atoms with Crippen LogP contribution in [0.2, 0.25) is 0 Å². The van der Waals surface area contributed by atoms with Crippen molar-refractivity contribution in [1.29, 1.82) is 0 Å². The summed E-state index contributed by atoms with van der Waals surface area (Å²) in [5.74, 6) is 0. The summed E-state index contributed by atoms with van der Waals surface area (Å²) in [7, 11) is -1.31. The van der Waals surface area contributed by atoms with Crippen LogP contribution in [0.3, 0.4) is 0 Å². The normalized spacial score (nSPS) is 8.86. The second-order valence-electron chi connectivity index (χ2n) is 1.29. The molecular formula is C5H9FSi. The molecule has 0 nitrogen and oxygen atoms in total. The van der Waals surface area contributed by atoms with Gasteiger partial charge in [-0.3, -0.25) is 4.39 Å². The summed E-state index contributed by atoms with van der Waals surface area (Å²) in [6.07, 6.45) is -0.243. The van der Waals surface area contributed by atoms with E-state index in [-0.39, 0.29) is 6.30 Å². The first-order chi connectivity index (χ1) is 3.35. The quantitative estimate of drug-likeness (QED) is 0.486. The number of hydrogen-bond donors (Lipinski definition) is 0. The summed E-state index contributed by atoms with van der Waals surface area (Å²) in [5, 5.41) is 0. The summed E-state index contributed by atoms with van der Waals surface area (Å²) in [6.45, 7) is 6.91. The fraction of sp³-hybridized carbons (Fsp3) is 0.200. The molecule has 0 N–H and O–H groups in total. The monoisotopic (exact) mass is 116 g/mol. The van der Waals surface area contributed by atoms with Gasteiger partial charge in [0, 0.05) is 0 Å². The predicted molar refractivity (Wildman–Crippen MR) is 33.5 cm³/mol. The van der Waals surface area contributed by atoms with Crippen LogP contribution >= 0.6 is 0 Å². The lowest BCUT2D eigenvalue weighted by Gasteiger charge is -1.91. The minimum atomic E-state index is -1.31. The molecule has 0 rings (SSSR count). The minimum Gasteiger partial charge on any atom is -0.254 e. The van der Waals surface area contributed by atoms with E-state index < -0.39 is 8.80 Å². The van der Waals surface area contributed by atoms with E-state index in [1.54, 1.807) is 11.4 Å². The molecule has 0 atom stereocenters. The van der Waals surface area contributed by atoms with Gasteiger partial charge in [-0.15, -0.1) is 13.2 Å². The average Bonchev–Trinajstić information content (AvgIpc) is 1.72. The Morgan fingerprint density at radius 3 is 1.86 bits per heavy atom. The van der Waals surface area contributed by atoms with Gasteiger partial charge >= 0.3 is 0 Å². The molecule has 0 unspecified atom stereocenters. The third kappa shape index (κ3) is 2.34. The van der Waals surface area contributed by atoms with Crippen LogP contribution in [0.5, 0.6) is 0 Å². The summed E-state index contributed by atoms with van der Waals surface area (Å²) in [5.41, 5.74) is 3.35. The van der Waals surface area contributed by atoms with Crippen LogP contribution in [0.1, 0.15) is 0 Å². The standard InChI is InChI=1S/C5H9FSi/c1-3-7(4-2)5-6/h3-4,7H,1-2,5H2. The molecule has 0 fully saturated rings. The molecular weight excluding hydrogens is 107 g/mol. The second-order valence-corrected chi connectivity index (χ2v) is 3.87. The van der Waals surface area contributed by atoms with Gasteiger partial charge in [0.1, 0.15) is 8.80 Å². The highest BCUT2D eigenvalue weighted by molar-refractivity contribution is 6.69. The molecule has 0 saturated carbocycles. The Balaban J connectivity index is 3.36. The lowest BCUT2D eigenvalue weighted by atomic mass is 11.2. The summed E-state index contributed by atoms with van der Waals surface area (Å²) >= 11 is 0. The number of hydrogen-bond acceptors (Lipinski definition) is 0. The molecule has 0 saturated heterocycles. The molecule has 40 valence electrons. The highest BCUT2D eigenvalue weighted by Gasteiger charge is 1.95. The SMILES string of the molecule is C=C[SiH](C=C)CF. The third-order valence-corrected chi connectivity index (χ3v) is 2.35. The van der Waals surface area contributed by atoms with Crippen molar-refractivity contribution in [3.05, 3.63) is 24.6 Å². The molecule has 0 amide bonds. The zero-order valence-corrected chi connectivity index (χ0v) is 5.39. The van der Waals surface area contributed by atoms with Crippen molar-refractivity contribution in [2.24, 2.45) is 0 Å². The molecule has 2 heteroatoms. The van der Waals surface area contributed by atoms with Gasteiger partial charge in [-0.2, -0.15) is 0 Å². The molecule has 0 radical (unpaired) electrons. The predicted octanol–water partition coefficient (Wildman–Crippen LogP) is 1.17. The van der Waals surface area contributed by atoms with Gasteiger partial charge in [0.2, 0.25) is 0 Å². The molecule has 0 spiro atoms. The number of halogens is 1. The minimum absolute atomic E-state index is 0.243. The molecule has 0 aromatic carbocycles. The number of alkyl halides is 1. The Labute approximate surface area is 45.0 Å². The molecule has 0 aliphatic rings. The molecule has 0 aromatic rings. The van der Waals surface area contributed by atoms with E-state index in [2.05, 4.69) is 13.2 Å². The molecule has 7 heavy (non-hydrogen) atoms. The van der Waals surface area contributed by atoms with Crippen LogP contribution in [-0.2, 0) is 0 Å². The molecule has 0 heterocycles. The zero-order valence-electron chi connectivity index (χ0n) is 4.23. The Morgan fingerprint density at radius 2 is 1.86 bits per heavy atom. The van der Waals surface area contributed by atoms with Crippen molar-refractivity contribution in [3.63, 3.8) is 0 Å². The Kier molecular flexibility index (Phi) is 3.60. The summed E-state index contributed by atoms with van der Waals surface area (Å²) in [4.78, 5) is 0. The smallest absolute Gasteiger partial charge is 0.120 e. The van der Waals surface area contributed by atoms with Crippen molar-refractivity contribution in [3.8, 4) is 0 Å². The number of rotatable bonds is 3. The lowest BCUT2D eigenvalue weighted by molar-refractivity contribution is 0.592. The van der Waals surface area contributed by atoms with Gasteiger partial charge in [-0.05, 0) is 0 Å². The van der Waals surface area contributed by atoms with Crippen LogP contribution in [0.25, 0.3) is 0 Å². The largest absolute Gasteiger partial charge is 0.254 e. The van der Waals surface area contributed by atoms with E-state index in [4.69, 9.17) is 0 Å². The van der Waals surface area contributed by atoms with E-state index in [1.165, 1.54) is 0 Å². The van der Waals surface area contributed by atoms with Gasteiger partial charge in [0.15, 0.2) is 0 Å². The van der Waals surface area contributed by atoms with Gasteiger partial charge in [0.25, 0.3) is 0 Å². The first-order valence-corrected chi connectivity index (χ1v) is 4.31. The Hall–Kier alpha value is -0.373. The van der Waals surface area contributed by atoms with E-state index in [9.17, 15) is 4.39 Å². The van der Waals surface area contributed by atoms with Gasteiger partial charge in [-0.25, -0.2) is 0 Å². The van der Waals surface area contributed by atoms with Gasteiger partial charge < -0.3 is 0 Å². The summed E-state index contributed by atoms with van der Waals surface area (Å²) in [6, 6.07) is 0. The van der Waals surface area contributed by atoms with Crippen LogP contribution in [0.15, 0.2) is 24.6 Å². The van der Waals surface area contributed by atoms with E-state index in [0.717, 1.165) is 0 Å². The van der Waals surface area contributed by atoms with E-state index in [1.807, 2.05) is 0 Å². The highest BCUT2D eigenvalue weighted by Crippen LogP contribution is 1.83. The van der Waals surface area contributed by atoms with Gasteiger partial charge in [0.05, 0.1) is 6.30 Å². The van der Waals surface area contributed by atoms with E-state index in [0.29, 0.717) is 0 Å². The van der Waals surface area contributed by atoms with E-state index >= 15 is 0 Å². The van der Waals surface area contributed by atoms with Crippen molar-refractivity contribution < 1.29 is 4.39 Å². The first kappa shape index (κ1) is 6.63. The lowest BCUT2D eigenvalue weighted by Crippen LogP contribution is -2.07. The Bertz CT molecular complexity index is 62.5. The molecule has 0 aromatic heterocycles. The fourth-order valence-electron chi connectivity index (χ4n) is 0.222. The van der Waals surface area contributed by atoms with Crippen molar-refractivity contribution in [2.45, 2.75) is 0 Å². The maximum absolute atomic E-state index is 11.6. The van der Waals surface area contributed by atoms with Crippen LogP contribution in [0.4, 0.5) is 4.39 Å². The van der Waals surface area contributed by atoms with Crippen molar-refractivity contribution in [1.82, 2.24) is 0 Å². The van der Waals surface area contributed by atoms with Crippen LogP contribution in [0, 0.1) is 0 Å². The zero-order chi connectivity index (χ0) is 5.70. The van der Waals surface area contributed by atoms with Crippen LogP contribution < -0.4 is 0 Å². The molecule has 0 aliphatic heterocycles. The van der Waals surface area contributed by atoms with Crippen LogP contribution in [-0.4, -0.2) is 15.1 Å².